The van der Waals surface area contributed by atoms with Crippen LogP contribution >= 0.6 is 11.3 Å². The first-order valence-corrected chi connectivity index (χ1v) is 7.75. The summed E-state index contributed by atoms with van der Waals surface area (Å²) in [6, 6.07) is 1.31. The first-order chi connectivity index (χ1) is 9.22. The lowest BCUT2D eigenvalue weighted by Gasteiger charge is -2.35. The van der Waals surface area contributed by atoms with Crippen LogP contribution in [0, 0.1) is 0 Å². The second kappa shape index (κ2) is 5.56. The van der Waals surface area contributed by atoms with E-state index in [2.05, 4.69) is 15.2 Å². The van der Waals surface area contributed by atoms with Crippen molar-refractivity contribution >= 4 is 17.3 Å². The van der Waals surface area contributed by atoms with Gasteiger partial charge in [0.25, 0.3) is 0 Å². The molecule has 0 bridgehead atoms. The third kappa shape index (κ3) is 2.96. The summed E-state index contributed by atoms with van der Waals surface area (Å²) in [4.78, 5) is 17.5. The van der Waals surface area contributed by atoms with E-state index in [9.17, 15) is 4.79 Å². The van der Waals surface area contributed by atoms with Gasteiger partial charge in [0.2, 0.25) is 5.01 Å². The van der Waals surface area contributed by atoms with Crippen LogP contribution in [0.25, 0.3) is 0 Å². The number of piperidine rings is 1. The second-order valence-corrected chi connectivity index (χ2v) is 6.24. The molecule has 0 aromatic carbocycles. The van der Waals surface area contributed by atoms with Gasteiger partial charge in [-0.05, 0) is 38.8 Å². The summed E-state index contributed by atoms with van der Waals surface area (Å²) in [5.41, 5.74) is 0.844. The molecule has 1 aromatic heterocycles. The van der Waals surface area contributed by atoms with Crippen LogP contribution < -0.4 is 5.32 Å². The molecule has 0 amide bonds. The maximum Gasteiger partial charge on any atom is 0.365 e. The number of aromatic nitrogens is 1. The van der Waals surface area contributed by atoms with Gasteiger partial charge in [-0.1, -0.05) is 0 Å². The molecule has 2 aliphatic rings. The lowest BCUT2D eigenvalue weighted by atomic mass is 9.97. The number of carboxylic acids is 1. The Morgan fingerprint density at radius 2 is 2.42 bits per heavy atom. The zero-order valence-corrected chi connectivity index (χ0v) is 11.7. The van der Waals surface area contributed by atoms with Gasteiger partial charge in [0.1, 0.15) is 0 Å². The van der Waals surface area contributed by atoms with E-state index in [0.717, 1.165) is 11.7 Å². The van der Waals surface area contributed by atoms with E-state index in [-0.39, 0.29) is 5.01 Å². The van der Waals surface area contributed by atoms with Crippen LogP contribution in [0.3, 0.4) is 0 Å². The van der Waals surface area contributed by atoms with Crippen molar-refractivity contribution in [3.8, 4) is 0 Å². The zero-order chi connectivity index (χ0) is 13.2. The van der Waals surface area contributed by atoms with Crippen LogP contribution in [0.1, 0.15) is 41.2 Å². The molecule has 0 spiro atoms. The van der Waals surface area contributed by atoms with Crippen LogP contribution in [0.5, 0.6) is 0 Å². The first kappa shape index (κ1) is 13.0. The zero-order valence-electron chi connectivity index (χ0n) is 10.8. The molecule has 1 aromatic rings. The number of hydrogen-bond acceptors (Lipinski definition) is 5. The first-order valence-electron chi connectivity index (χ1n) is 6.87. The van der Waals surface area contributed by atoms with Crippen molar-refractivity contribution in [2.24, 2.45) is 0 Å². The van der Waals surface area contributed by atoms with Crippen molar-refractivity contribution in [1.29, 1.82) is 0 Å². The predicted molar refractivity (Wildman–Crippen MR) is 73.5 cm³/mol. The number of carboxylic acid groups (broad SMARTS) is 1. The maximum absolute atomic E-state index is 10.8. The topological polar surface area (TPSA) is 65.5 Å². The summed E-state index contributed by atoms with van der Waals surface area (Å²) in [6.45, 7) is 3.15. The Morgan fingerprint density at radius 1 is 1.53 bits per heavy atom. The molecule has 2 unspecified atom stereocenters. The molecule has 19 heavy (non-hydrogen) atoms. The molecular weight excluding hydrogens is 262 g/mol. The summed E-state index contributed by atoms with van der Waals surface area (Å²) in [7, 11) is 0. The highest BCUT2D eigenvalue weighted by Gasteiger charge is 2.31. The van der Waals surface area contributed by atoms with Gasteiger partial charge < -0.3 is 15.3 Å². The van der Waals surface area contributed by atoms with Gasteiger partial charge in [-0.15, -0.1) is 11.3 Å². The highest BCUT2D eigenvalue weighted by Crippen LogP contribution is 2.26. The quantitative estimate of drug-likeness (QED) is 0.877. The third-order valence-corrected chi connectivity index (χ3v) is 5.01. The van der Waals surface area contributed by atoms with E-state index in [0.29, 0.717) is 12.6 Å². The number of thiazole rings is 1. The van der Waals surface area contributed by atoms with Crippen LogP contribution in [0.15, 0.2) is 5.38 Å². The monoisotopic (exact) mass is 281 g/mol. The fourth-order valence-electron chi connectivity index (χ4n) is 3.15. The molecule has 5 nitrogen and oxygen atoms in total. The summed E-state index contributed by atoms with van der Waals surface area (Å²) in [6.07, 6.45) is 5.08. The minimum atomic E-state index is -0.935. The maximum atomic E-state index is 10.8. The Balaban J connectivity index is 1.50. The SMILES string of the molecule is O=C(O)c1nc(CNC2CCN3CCCC3C2)cs1. The average molecular weight is 281 g/mol. The number of aromatic carboxylic acids is 1. The third-order valence-electron chi connectivity index (χ3n) is 4.13. The van der Waals surface area contributed by atoms with E-state index in [1.807, 2.05) is 5.38 Å². The summed E-state index contributed by atoms with van der Waals surface area (Å²) >= 11 is 1.20. The fourth-order valence-corrected chi connectivity index (χ4v) is 3.80. The number of fused-ring (bicyclic) bond motifs is 1. The lowest BCUT2D eigenvalue weighted by molar-refractivity contribution is 0.0696. The van der Waals surface area contributed by atoms with E-state index in [1.165, 1.54) is 50.1 Å². The molecule has 2 atom stereocenters. The molecule has 2 fully saturated rings. The van der Waals surface area contributed by atoms with Crippen molar-refractivity contribution < 1.29 is 9.90 Å². The van der Waals surface area contributed by atoms with Gasteiger partial charge in [0, 0.05) is 24.0 Å². The number of nitrogens with zero attached hydrogens (tertiary/aromatic N) is 2. The number of nitrogens with one attached hydrogen (secondary N) is 1. The number of rotatable bonds is 4. The Labute approximate surface area is 116 Å². The molecule has 2 aliphatic heterocycles. The molecule has 3 heterocycles. The highest BCUT2D eigenvalue weighted by molar-refractivity contribution is 7.11. The van der Waals surface area contributed by atoms with E-state index in [4.69, 9.17) is 5.11 Å². The Morgan fingerprint density at radius 3 is 3.21 bits per heavy atom. The minimum Gasteiger partial charge on any atom is -0.476 e. The molecule has 6 heteroatoms. The molecule has 0 radical (unpaired) electrons. The second-order valence-electron chi connectivity index (χ2n) is 5.38. The molecular formula is C13H19N3O2S. The minimum absolute atomic E-state index is 0.183. The normalized spacial score (nSPS) is 27.4. The van der Waals surface area contributed by atoms with Gasteiger partial charge in [-0.25, -0.2) is 9.78 Å². The standard InChI is InChI=1S/C13H19N3O2S/c17-13(18)12-15-10(8-19-12)7-14-9-3-5-16-4-1-2-11(16)6-9/h8-9,11,14H,1-7H2,(H,17,18). The summed E-state index contributed by atoms with van der Waals surface area (Å²) in [5, 5.41) is 14.4. The Kier molecular flexibility index (Phi) is 3.81. The Bertz CT molecular complexity index is 462. The highest BCUT2D eigenvalue weighted by atomic mass is 32.1. The fraction of sp³-hybridized carbons (Fsp3) is 0.692. The van der Waals surface area contributed by atoms with Crippen molar-refractivity contribution in [2.45, 2.75) is 44.3 Å². The molecule has 2 N–H and O–H groups in total. The molecule has 3 rings (SSSR count). The lowest BCUT2D eigenvalue weighted by Crippen LogP contribution is -2.45. The predicted octanol–water partition coefficient (Wildman–Crippen LogP) is 1.56. The van der Waals surface area contributed by atoms with Gasteiger partial charge >= 0.3 is 5.97 Å². The smallest absolute Gasteiger partial charge is 0.365 e. The largest absolute Gasteiger partial charge is 0.476 e. The van der Waals surface area contributed by atoms with Crippen molar-refractivity contribution in [3.63, 3.8) is 0 Å². The Hall–Kier alpha value is -0.980. The average Bonchev–Trinajstić information content (AvgIpc) is 3.04. The van der Waals surface area contributed by atoms with Crippen LogP contribution in [0.4, 0.5) is 0 Å². The van der Waals surface area contributed by atoms with Gasteiger partial charge in [-0.2, -0.15) is 0 Å². The van der Waals surface area contributed by atoms with Gasteiger partial charge in [0.15, 0.2) is 0 Å². The molecule has 0 saturated carbocycles. The number of hydrogen-bond donors (Lipinski definition) is 2. The van der Waals surface area contributed by atoms with E-state index < -0.39 is 5.97 Å². The summed E-state index contributed by atoms with van der Waals surface area (Å²) < 4.78 is 0. The molecule has 2 saturated heterocycles. The molecule has 104 valence electrons. The van der Waals surface area contributed by atoms with E-state index >= 15 is 0 Å². The van der Waals surface area contributed by atoms with Gasteiger partial charge in [0.05, 0.1) is 5.69 Å². The summed E-state index contributed by atoms with van der Waals surface area (Å²) in [5.74, 6) is -0.935. The molecule has 0 aliphatic carbocycles. The van der Waals surface area contributed by atoms with Crippen molar-refractivity contribution in [1.82, 2.24) is 15.2 Å². The van der Waals surface area contributed by atoms with E-state index in [1.54, 1.807) is 0 Å². The van der Waals surface area contributed by atoms with Gasteiger partial charge in [-0.3, -0.25) is 0 Å². The van der Waals surface area contributed by atoms with Crippen LogP contribution in [-0.2, 0) is 6.54 Å². The van der Waals surface area contributed by atoms with Crippen molar-refractivity contribution in [3.05, 3.63) is 16.1 Å². The number of carbonyl (C=O) groups is 1. The van der Waals surface area contributed by atoms with Crippen LogP contribution in [0.2, 0.25) is 0 Å². The van der Waals surface area contributed by atoms with Crippen LogP contribution in [-0.4, -0.2) is 46.1 Å². The van der Waals surface area contributed by atoms with Crippen molar-refractivity contribution in [2.75, 3.05) is 13.1 Å².